The SMILES string of the molecule is COC(=O)[C@H](CN)NS(=O)(=O)c1ccc(-c2ccc(S(=O)(=O)NCCNC(=O)OCc3ccccc3)cc2)cc1.O=C(O)C(F)(F)F. The van der Waals surface area contributed by atoms with E-state index in [9.17, 15) is 39.6 Å². The zero-order chi connectivity index (χ0) is 35.3. The number of methoxy groups -OCH3 is 1. The standard InChI is InChI=1S/C26H30N4O8S2.C2HF3O2/c1-37-25(31)24(17-27)30-40(35,36)23-13-9-21(10-14-23)20-7-11-22(12-8-20)39(33,34)29-16-15-28-26(32)38-18-19-5-3-2-4-6-19;3-2(4,5)1(6)7/h2-14,24,29-30H,15-18,27H2,1H3,(H,28,32);(H,6,7)/t24-;/m0./s1. The highest BCUT2D eigenvalue weighted by Gasteiger charge is 2.38. The third-order valence-electron chi connectivity index (χ3n) is 5.82. The second kappa shape index (κ2) is 17.4. The summed E-state index contributed by atoms with van der Waals surface area (Å²) in [5, 5.41) is 9.61. The summed E-state index contributed by atoms with van der Waals surface area (Å²) >= 11 is 0. The lowest BCUT2D eigenvalue weighted by Crippen LogP contribution is -2.46. The first-order chi connectivity index (χ1) is 22.0. The molecule has 0 aliphatic heterocycles. The topological polar surface area (TPSA) is 220 Å². The predicted octanol–water partition coefficient (Wildman–Crippen LogP) is 1.97. The van der Waals surface area contributed by atoms with Crippen LogP contribution in [0.5, 0.6) is 0 Å². The van der Waals surface area contributed by atoms with Crippen molar-refractivity contribution in [3.8, 4) is 11.1 Å². The van der Waals surface area contributed by atoms with Crippen molar-refractivity contribution in [1.29, 1.82) is 0 Å². The van der Waals surface area contributed by atoms with Crippen LogP contribution in [-0.2, 0) is 45.7 Å². The number of carbonyl (C=O) groups excluding carboxylic acids is 2. The molecular formula is C28H31F3N4O10S2. The molecule has 0 aromatic heterocycles. The highest BCUT2D eigenvalue weighted by atomic mass is 32.2. The molecule has 6 N–H and O–H groups in total. The number of rotatable bonds is 13. The number of amides is 1. The molecule has 14 nitrogen and oxygen atoms in total. The predicted molar refractivity (Wildman–Crippen MR) is 161 cm³/mol. The fourth-order valence-corrected chi connectivity index (χ4v) is 5.68. The molecular weight excluding hydrogens is 673 g/mol. The number of alkyl carbamates (subject to hydrolysis) is 1. The lowest BCUT2D eigenvalue weighted by atomic mass is 10.1. The van der Waals surface area contributed by atoms with Crippen LogP contribution < -0.4 is 20.5 Å². The Kier molecular flexibility index (Phi) is 14.3. The number of benzene rings is 3. The molecule has 19 heteroatoms. The number of halogens is 3. The molecule has 0 unspecified atom stereocenters. The maximum Gasteiger partial charge on any atom is 0.490 e. The smallest absolute Gasteiger partial charge is 0.475 e. The van der Waals surface area contributed by atoms with Crippen LogP contribution in [0.3, 0.4) is 0 Å². The Morgan fingerprint density at radius 2 is 1.32 bits per heavy atom. The largest absolute Gasteiger partial charge is 0.490 e. The Labute approximate surface area is 268 Å². The van der Waals surface area contributed by atoms with Gasteiger partial charge < -0.3 is 25.6 Å². The zero-order valence-electron chi connectivity index (χ0n) is 24.6. The van der Waals surface area contributed by atoms with Gasteiger partial charge in [0.25, 0.3) is 0 Å². The van der Waals surface area contributed by atoms with Crippen LogP contribution in [0, 0.1) is 0 Å². The molecule has 3 aromatic carbocycles. The number of nitrogens with one attached hydrogen (secondary N) is 3. The molecule has 256 valence electrons. The maximum absolute atomic E-state index is 12.6. The van der Waals surface area contributed by atoms with Crippen molar-refractivity contribution in [2.24, 2.45) is 5.73 Å². The van der Waals surface area contributed by atoms with Gasteiger partial charge in [-0.3, -0.25) is 4.79 Å². The summed E-state index contributed by atoms with van der Waals surface area (Å²) < 4.78 is 96.3. The molecule has 0 saturated carbocycles. The van der Waals surface area contributed by atoms with Crippen molar-refractivity contribution in [1.82, 2.24) is 14.8 Å². The van der Waals surface area contributed by atoms with E-state index in [0.29, 0.717) is 11.1 Å². The molecule has 1 atom stereocenters. The first kappa shape index (κ1) is 38.6. The van der Waals surface area contributed by atoms with E-state index in [2.05, 4.69) is 19.5 Å². The Morgan fingerprint density at radius 1 is 0.830 bits per heavy atom. The van der Waals surface area contributed by atoms with Gasteiger partial charge in [0.2, 0.25) is 20.0 Å². The number of esters is 1. The van der Waals surface area contributed by atoms with Crippen molar-refractivity contribution in [2.45, 2.75) is 28.6 Å². The zero-order valence-corrected chi connectivity index (χ0v) is 26.2. The Balaban J connectivity index is 0.000000984. The lowest BCUT2D eigenvalue weighted by Gasteiger charge is -2.15. The molecule has 0 saturated heterocycles. The first-order valence-corrected chi connectivity index (χ1v) is 16.2. The van der Waals surface area contributed by atoms with Crippen LogP contribution in [0.25, 0.3) is 11.1 Å². The minimum atomic E-state index is -5.08. The summed E-state index contributed by atoms with van der Waals surface area (Å²) in [5.41, 5.74) is 7.57. The maximum atomic E-state index is 12.6. The van der Waals surface area contributed by atoms with Crippen LogP contribution in [0.15, 0.2) is 88.7 Å². The van der Waals surface area contributed by atoms with Gasteiger partial charge >= 0.3 is 24.2 Å². The van der Waals surface area contributed by atoms with E-state index < -0.39 is 50.3 Å². The van der Waals surface area contributed by atoms with Gasteiger partial charge in [0.05, 0.1) is 16.9 Å². The highest BCUT2D eigenvalue weighted by Crippen LogP contribution is 2.23. The van der Waals surface area contributed by atoms with E-state index in [1.54, 1.807) is 24.3 Å². The number of hydrogen-bond acceptors (Lipinski definition) is 10. The van der Waals surface area contributed by atoms with E-state index in [1.165, 1.54) is 24.3 Å². The Hall–Kier alpha value is -4.56. The van der Waals surface area contributed by atoms with Gasteiger partial charge in [0.15, 0.2) is 0 Å². The number of hydrogen-bond donors (Lipinski definition) is 5. The van der Waals surface area contributed by atoms with E-state index >= 15 is 0 Å². The van der Waals surface area contributed by atoms with Gasteiger partial charge in [0, 0.05) is 19.6 Å². The van der Waals surface area contributed by atoms with Crippen molar-refractivity contribution in [3.05, 3.63) is 84.4 Å². The average Bonchev–Trinajstić information content (AvgIpc) is 3.04. The molecule has 3 rings (SSSR count). The van der Waals surface area contributed by atoms with Gasteiger partial charge in [0.1, 0.15) is 12.6 Å². The van der Waals surface area contributed by atoms with Gasteiger partial charge in [-0.15, -0.1) is 0 Å². The van der Waals surface area contributed by atoms with Crippen molar-refractivity contribution in [3.63, 3.8) is 0 Å². The molecule has 0 radical (unpaired) electrons. The molecule has 0 bridgehead atoms. The molecule has 0 aliphatic rings. The van der Waals surface area contributed by atoms with Crippen molar-refractivity contribution >= 4 is 38.1 Å². The lowest BCUT2D eigenvalue weighted by molar-refractivity contribution is -0.192. The number of carboxylic acid groups (broad SMARTS) is 1. The van der Waals surface area contributed by atoms with Crippen LogP contribution in [-0.4, -0.2) is 78.9 Å². The van der Waals surface area contributed by atoms with Crippen LogP contribution in [0.1, 0.15) is 5.56 Å². The number of sulfonamides is 2. The summed E-state index contributed by atoms with van der Waals surface area (Å²) in [6, 6.07) is 19.7. The number of ether oxygens (including phenoxy) is 2. The molecule has 3 aromatic rings. The minimum Gasteiger partial charge on any atom is -0.475 e. The molecule has 0 heterocycles. The summed E-state index contributed by atoms with van der Waals surface area (Å²) in [7, 11) is -6.75. The fraction of sp³-hybridized carbons (Fsp3) is 0.250. The van der Waals surface area contributed by atoms with E-state index in [1.807, 2.05) is 30.3 Å². The fourth-order valence-electron chi connectivity index (χ4n) is 3.45. The normalized spacial score (nSPS) is 12.2. The second-order valence-corrected chi connectivity index (χ2v) is 12.7. The van der Waals surface area contributed by atoms with Gasteiger partial charge in [-0.1, -0.05) is 54.6 Å². The molecule has 0 aliphatic carbocycles. The van der Waals surface area contributed by atoms with Gasteiger partial charge in [-0.25, -0.2) is 31.1 Å². The quantitative estimate of drug-likeness (QED) is 0.128. The summed E-state index contributed by atoms with van der Waals surface area (Å²) in [5.74, 6) is -3.56. The van der Waals surface area contributed by atoms with Crippen molar-refractivity contribution < 1.29 is 59.0 Å². The third-order valence-corrected chi connectivity index (χ3v) is 8.79. The number of carbonyl (C=O) groups is 3. The second-order valence-electron chi connectivity index (χ2n) is 9.17. The van der Waals surface area contributed by atoms with E-state index in [-0.39, 0.29) is 36.0 Å². The number of carboxylic acids is 1. The third kappa shape index (κ3) is 12.6. The molecule has 0 spiro atoms. The van der Waals surface area contributed by atoms with Crippen molar-refractivity contribution in [2.75, 3.05) is 26.7 Å². The number of alkyl halides is 3. The summed E-state index contributed by atoms with van der Waals surface area (Å²) in [4.78, 5) is 32.3. The number of nitrogens with two attached hydrogens (primary N) is 1. The molecule has 1 amide bonds. The highest BCUT2D eigenvalue weighted by molar-refractivity contribution is 7.89. The average molecular weight is 705 g/mol. The Morgan fingerprint density at radius 3 is 1.77 bits per heavy atom. The molecule has 47 heavy (non-hydrogen) atoms. The minimum absolute atomic E-state index is 0.0157. The first-order valence-electron chi connectivity index (χ1n) is 13.2. The number of aliphatic carboxylic acids is 1. The van der Waals surface area contributed by atoms with E-state index in [0.717, 1.165) is 12.7 Å². The van der Waals surface area contributed by atoms with Gasteiger partial charge in [-0.05, 0) is 41.0 Å². The van der Waals surface area contributed by atoms with Crippen LogP contribution in [0.4, 0.5) is 18.0 Å². The summed E-state index contributed by atoms with van der Waals surface area (Å²) in [6.07, 6.45) is -5.75. The monoisotopic (exact) mass is 704 g/mol. The van der Waals surface area contributed by atoms with Crippen LogP contribution in [0.2, 0.25) is 0 Å². The molecule has 0 fully saturated rings. The van der Waals surface area contributed by atoms with E-state index in [4.69, 9.17) is 20.4 Å². The van der Waals surface area contributed by atoms with Crippen LogP contribution >= 0.6 is 0 Å². The van der Waals surface area contributed by atoms with Gasteiger partial charge in [-0.2, -0.15) is 17.9 Å². The summed E-state index contributed by atoms with van der Waals surface area (Å²) in [6.45, 7) is -0.188. The Bertz CT molecular complexity index is 1710.